The van der Waals surface area contributed by atoms with E-state index in [2.05, 4.69) is 0 Å². The van der Waals surface area contributed by atoms with Crippen LogP contribution in [0, 0.1) is 0 Å². The number of halogens is 1. The maximum absolute atomic E-state index is 12.6. The van der Waals surface area contributed by atoms with E-state index in [9.17, 15) is 16.8 Å². The first-order chi connectivity index (χ1) is 9.29. The SMILES string of the molecule is O=S1(=O)CC2OCCN(S(=O)(=O)c3ccc(Cl)s3)C2C1. The molecule has 2 atom stereocenters. The topological polar surface area (TPSA) is 80.8 Å². The number of morpholine rings is 1. The molecule has 3 heterocycles. The third-order valence-corrected chi connectivity index (χ3v) is 8.71. The van der Waals surface area contributed by atoms with E-state index < -0.39 is 32.0 Å². The number of hydrogen-bond acceptors (Lipinski definition) is 6. The van der Waals surface area contributed by atoms with Crippen LogP contribution in [0.4, 0.5) is 0 Å². The molecule has 0 radical (unpaired) electrons. The number of sulfonamides is 1. The van der Waals surface area contributed by atoms with Crippen molar-refractivity contribution >= 4 is 42.8 Å². The highest BCUT2D eigenvalue weighted by molar-refractivity contribution is 7.92. The summed E-state index contributed by atoms with van der Waals surface area (Å²) in [6.45, 7) is 0.365. The standard InChI is InChI=1S/C10H12ClNO5S3/c11-9-1-2-10(18-9)20(15,16)12-3-4-17-8-6-19(13,14)5-7(8)12/h1-2,7-8H,3-6H2. The largest absolute Gasteiger partial charge is 0.374 e. The van der Waals surface area contributed by atoms with Gasteiger partial charge in [-0.2, -0.15) is 4.31 Å². The Morgan fingerprint density at radius 2 is 2.10 bits per heavy atom. The van der Waals surface area contributed by atoms with Gasteiger partial charge in [0.1, 0.15) is 4.21 Å². The minimum absolute atomic E-state index is 0.116. The lowest BCUT2D eigenvalue weighted by Crippen LogP contribution is -2.52. The third kappa shape index (κ3) is 2.51. The molecule has 2 saturated heterocycles. The molecule has 0 saturated carbocycles. The molecule has 2 aliphatic heterocycles. The lowest BCUT2D eigenvalue weighted by molar-refractivity contribution is -0.0141. The summed E-state index contributed by atoms with van der Waals surface area (Å²) in [5.74, 6) is -0.301. The Labute approximate surface area is 126 Å². The number of fused-ring (bicyclic) bond motifs is 1. The lowest BCUT2D eigenvalue weighted by atomic mass is 10.2. The molecule has 0 N–H and O–H groups in total. The summed E-state index contributed by atoms with van der Waals surface area (Å²) in [4.78, 5) is 0. The van der Waals surface area contributed by atoms with E-state index >= 15 is 0 Å². The van der Waals surface area contributed by atoms with Crippen molar-refractivity contribution in [2.45, 2.75) is 16.4 Å². The van der Waals surface area contributed by atoms with Crippen LogP contribution in [0.2, 0.25) is 4.34 Å². The second kappa shape index (κ2) is 4.92. The fraction of sp³-hybridized carbons (Fsp3) is 0.600. The summed E-state index contributed by atoms with van der Waals surface area (Å²) in [5.41, 5.74) is 0. The first-order valence-corrected chi connectivity index (χ1v) is 10.3. The van der Waals surface area contributed by atoms with E-state index in [4.69, 9.17) is 16.3 Å². The Bertz CT molecular complexity index is 726. The van der Waals surface area contributed by atoms with Gasteiger partial charge in [0.25, 0.3) is 10.0 Å². The van der Waals surface area contributed by atoms with E-state index in [-0.39, 0.29) is 28.9 Å². The van der Waals surface area contributed by atoms with Crippen molar-refractivity contribution in [2.75, 3.05) is 24.7 Å². The Morgan fingerprint density at radius 3 is 2.75 bits per heavy atom. The number of sulfone groups is 1. The van der Waals surface area contributed by atoms with Gasteiger partial charge in [-0.1, -0.05) is 11.6 Å². The Kier molecular flexibility index (Phi) is 3.63. The van der Waals surface area contributed by atoms with Crippen LogP contribution in [0.5, 0.6) is 0 Å². The number of nitrogens with zero attached hydrogens (tertiary/aromatic N) is 1. The van der Waals surface area contributed by atoms with Crippen molar-refractivity contribution in [3.63, 3.8) is 0 Å². The first kappa shape index (κ1) is 14.7. The van der Waals surface area contributed by atoms with Gasteiger partial charge >= 0.3 is 0 Å². The Hall–Kier alpha value is -0.190. The molecule has 10 heteroatoms. The van der Waals surface area contributed by atoms with E-state index in [1.807, 2.05) is 0 Å². The molecular weight excluding hydrogens is 346 g/mol. The Morgan fingerprint density at radius 1 is 1.35 bits per heavy atom. The molecule has 0 spiro atoms. The van der Waals surface area contributed by atoms with Gasteiger partial charge in [-0.05, 0) is 12.1 Å². The van der Waals surface area contributed by atoms with Gasteiger partial charge in [0.2, 0.25) is 0 Å². The molecule has 3 rings (SSSR count). The molecule has 0 aromatic carbocycles. The molecule has 0 aliphatic carbocycles. The Balaban J connectivity index is 1.97. The molecular formula is C10H12ClNO5S3. The molecule has 2 aliphatic rings. The summed E-state index contributed by atoms with van der Waals surface area (Å²) in [6, 6.07) is 2.32. The van der Waals surface area contributed by atoms with Crippen LogP contribution in [-0.4, -0.2) is 57.9 Å². The normalized spacial score (nSPS) is 30.2. The van der Waals surface area contributed by atoms with Crippen LogP contribution in [0.3, 0.4) is 0 Å². The predicted molar refractivity (Wildman–Crippen MR) is 75.4 cm³/mol. The zero-order valence-electron chi connectivity index (χ0n) is 10.2. The zero-order chi connectivity index (χ0) is 14.5. The van der Waals surface area contributed by atoms with Crippen LogP contribution < -0.4 is 0 Å². The molecule has 2 fully saturated rings. The van der Waals surface area contributed by atoms with Crippen molar-refractivity contribution in [3.05, 3.63) is 16.5 Å². The third-order valence-electron chi connectivity index (χ3n) is 3.40. The summed E-state index contributed by atoms with van der Waals surface area (Å²) in [6.07, 6.45) is -0.570. The van der Waals surface area contributed by atoms with Crippen LogP contribution in [-0.2, 0) is 24.6 Å². The number of ether oxygens (including phenoxy) is 1. The molecule has 112 valence electrons. The second-order valence-corrected chi connectivity index (χ2v) is 10.7. The molecule has 2 unspecified atom stereocenters. The van der Waals surface area contributed by atoms with Crippen molar-refractivity contribution in [3.8, 4) is 0 Å². The zero-order valence-corrected chi connectivity index (χ0v) is 13.4. The lowest BCUT2D eigenvalue weighted by Gasteiger charge is -2.35. The summed E-state index contributed by atoms with van der Waals surface area (Å²) in [5, 5.41) is 0. The van der Waals surface area contributed by atoms with E-state index in [1.165, 1.54) is 16.4 Å². The predicted octanol–water partition coefficient (Wildman–Crippen LogP) is 0.588. The number of rotatable bonds is 2. The quantitative estimate of drug-likeness (QED) is 0.773. The summed E-state index contributed by atoms with van der Waals surface area (Å²) in [7, 11) is -6.98. The number of hydrogen-bond donors (Lipinski definition) is 0. The maximum Gasteiger partial charge on any atom is 0.253 e. The van der Waals surface area contributed by atoms with Crippen molar-refractivity contribution in [1.82, 2.24) is 4.31 Å². The highest BCUT2D eigenvalue weighted by atomic mass is 35.5. The first-order valence-electron chi connectivity index (χ1n) is 5.89. The van der Waals surface area contributed by atoms with E-state index in [1.54, 1.807) is 0 Å². The molecule has 0 amide bonds. The highest BCUT2D eigenvalue weighted by Crippen LogP contribution is 2.33. The molecule has 0 bridgehead atoms. The average Bonchev–Trinajstić information content (AvgIpc) is 2.90. The average molecular weight is 358 g/mol. The fourth-order valence-corrected chi connectivity index (χ4v) is 7.74. The minimum Gasteiger partial charge on any atom is -0.374 e. The van der Waals surface area contributed by atoms with Gasteiger partial charge in [-0.15, -0.1) is 11.3 Å². The van der Waals surface area contributed by atoms with Gasteiger partial charge in [0.15, 0.2) is 9.84 Å². The van der Waals surface area contributed by atoms with Crippen molar-refractivity contribution in [2.24, 2.45) is 0 Å². The van der Waals surface area contributed by atoms with Gasteiger partial charge in [-0.3, -0.25) is 0 Å². The van der Waals surface area contributed by atoms with Crippen LogP contribution in [0.1, 0.15) is 0 Å². The molecule has 1 aromatic heterocycles. The van der Waals surface area contributed by atoms with Crippen LogP contribution in [0.25, 0.3) is 0 Å². The van der Waals surface area contributed by atoms with Crippen molar-refractivity contribution in [1.29, 1.82) is 0 Å². The fourth-order valence-electron chi connectivity index (χ4n) is 2.53. The summed E-state index contributed by atoms with van der Waals surface area (Å²) >= 11 is 6.74. The van der Waals surface area contributed by atoms with Gasteiger partial charge in [0.05, 0.1) is 34.6 Å². The maximum atomic E-state index is 12.6. The molecule has 6 nitrogen and oxygen atoms in total. The smallest absolute Gasteiger partial charge is 0.253 e. The summed E-state index contributed by atoms with van der Waals surface area (Å²) < 4.78 is 55.7. The molecule has 20 heavy (non-hydrogen) atoms. The van der Waals surface area contributed by atoms with E-state index in [0.717, 1.165) is 11.3 Å². The van der Waals surface area contributed by atoms with Crippen LogP contribution in [0.15, 0.2) is 16.3 Å². The minimum atomic E-state index is -3.72. The van der Waals surface area contributed by atoms with Crippen LogP contribution >= 0.6 is 22.9 Å². The molecule has 1 aromatic rings. The van der Waals surface area contributed by atoms with Gasteiger partial charge < -0.3 is 4.74 Å². The highest BCUT2D eigenvalue weighted by Gasteiger charge is 2.48. The number of thiophene rings is 1. The van der Waals surface area contributed by atoms with E-state index in [0.29, 0.717) is 4.34 Å². The van der Waals surface area contributed by atoms with Gasteiger partial charge in [-0.25, -0.2) is 16.8 Å². The van der Waals surface area contributed by atoms with Crippen molar-refractivity contribution < 1.29 is 21.6 Å². The monoisotopic (exact) mass is 357 g/mol. The second-order valence-electron chi connectivity index (χ2n) is 4.73. The van der Waals surface area contributed by atoms with Gasteiger partial charge in [0, 0.05) is 6.54 Å².